The van der Waals surface area contributed by atoms with Gasteiger partial charge >= 0.3 is 5.97 Å². The van der Waals surface area contributed by atoms with Crippen molar-refractivity contribution < 1.29 is 24.9 Å². The van der Waals surface area contributed by atoms with Crippen molar-refractivity contribution in [3.8, 4) is 0 Å². The van der Waals surface area contributed by atoms with Crippen molar-refractivity contribution in [1.82, 2.24) is 10.2 Å². The van der Waals surface area contributed by atoms with Crippen molar-refractivity contribution in [2.24, 2.45) is 5.92 Å². The van der Waals surface area contributed by atoms with Crippen LogP contribution in [0.4, 0.5) is 0 Å². The minimum atomic E-state index is -1.43. The highest BCUT2D eigenvalue weighted by Gasteiger charge is 2.45. The van der Waals surface area contributed by atoms with Crippen LogP contribution >= 0.6 is 0 Å². The number of aryl methyl sites for hydroxylation is 1. The first-order chi connectivity index (χ1) is 10.8. The Balaban J connectivity index is 2.28. The molecule has 1 aliphatic rings. The molecule has 126 valence electrons. The number of piperidine rings is 1. The lowest BCUT2D eigenvalue weighted by Crippen LogP contribution is -2.65. The average molecular weight is 322 g/mol. The first-order valence-electron chi connectivity index (χ1n) is 7.46. The van der Waals surface area contributed by atoms with Gasteiger partial charge in [-0.25, -0.2) is 0 Å². The van der Waals surface area contributed by atoms with Gasteiger partial charge in [-0.3, -0.25) is 14.5 Å². The largest absolute Gasteiger partial charge is 0.481 e. The van der Waals surface area contributed by atoms with E-state index in [0.717, 1.165) is 11.1 Å². The van der Waals surface area contributed by atoms with Crippen molar-refractivity contribution in [2.45, 2.75) is 38.8 Å². The molecule has 7 nitrogen and oxygen atoms in total. The molecule has 1 aliphatic heterocycles. The van der Waals surface area contributed by atoms with E-state index >= 15 is 0 Å². The van der Waals surface area contributed by atoms with E-state index in [0.29, 0.717) is 6.54 Å². The predicted octanol–water partition coefficient (Wildman–Crippen LogP) is -0.305. The summed E-state index contributed by atoms with van der Waals surface area (Å²) in [6.07, 6.45) is -3.65. The highest BCUT2D eigenvalue weighted by atomic mass is 16.4. The number of hydrogen-bond donors (Lipinski definition) is 4. The lowest BCUT2D eigenvalue weighted by atomic mass is 9.89. The van der Waals surface area contributed by atoms with E-state index in [9.17, 15) is 24.9 Å². The van der Waals surface area contributed by atoms with Gasteiger partial charge < -0.3 is 20.6 Å². The molecule has 2 rings (SSSR count). The number of hydrogen-bond acceptors (Lipinski definition) is 5. The van der Waals surface area contributed by atoms with Crippen LogP contribution in [-0.2, 0) is 16.1 Å². The lowest BCUT2D eigenvalue weighted by molar-refractivity contribution is -0.165. The Kier molecular flexibility index (Phi) is 5.35. The first kappa shape index (κ1) is 17.4. The molecule has 0 aliphatic carbocycles. The molecule has 1 aromatic carbocycles. The van der Waals surface area contributed by atoms with Crippen LogP contribution in [0, 0.1) is 12.8 Å². The number of aliphatic carboxylic acids is 1. The number of aliphatic hydroxyl groups is 2. The van der Waals surface area contributed by atoms with Crippen LogP contribution in [-0.4, -0.2) is 57.0 Å². The smallest absolute Gasteiger partial charge is 0.310 e. The fourth-order valence-corrected chi connectivity index (χ4v) is 2.89. The molecule has 23 heavy (non-hydrogen) atoms. The molecule has 1 amide bonds. The molecule has 0 spiro atoms. The summed E-state index contributed by atoms with van der Waals surface area (Å²) in [5, 5.41) is 32.1. The van der Waals surface area contributed by atoms with Gasteiger partial charge in [0.25, 0.3) is 0 Å². The van der Waals surface area contributed by atoms with E-state index in [1.165, 1.54) is 6.92 Å². The third kappa shape index (κ3) is 3.87. The van der Waals surface area contributed by atoms with Crippen LogP contribution in [0.2, 0.25) is 0 Å². The van der Waals surface area contributed by atoms with E-state index in [1.807, 2.05) is 31.2 Å². The molecule has 1 aromatic rings. The van der Waals surface area contributed by atoms with Crippen LogP contribution in [0.5, 0.6) is 0 Å². The average Bonchev–Trinajstić information content (AvgIpc) is 2.48. The molecule has 4 N–H and O–H groups in total. The molecule has 0 bridgehead atoms. The maximum atomic E-state index is 11.4. The van der Waals surface area contributed by atoms with Crippen molar-refractivity contribution in [3.05, 3.63) is 35.4 Å². The fourth-order valence-electron chi connectivity index (χ4n) is 2.89. The SMILES string of the molecule is CC(=O)N[C@@H]1[C@@H](O)[C@@H](O)[C@@H](C(=O)O)CN1Cc1ccccc1C. The summed E-state index contributed by atoms with van der Waals surface area (Å²) < 4.78 is 0. The minimum absolute atomic E-state index is 0.0346. The Morgan fingerprint density at radius 1 is 1.26 bits per heavy atom. The van der Waals surface area contributed by atoms with Gasteiger partial charge in [0.15, 0.2) is 0 Å². The topological polar surface area (TPSA) is 110 Å². The molecular weight excluding hydrogens is 300 g/mol. The summed E-state index contributed by atoms with van der Waals surface area (Å²) in [7, 11) is 0. The number of amides is 1. The van der Waals surface area contributed by atoms with Gasteiger partial charge in [0.2, 0.25) is 5.91 Å². The number of aliphatic hydroxyl groups excluding tert-OH is 2. The minimum Gasteiger partial charge on any atom is -0.481 e. The number of likely N-dealkylation sites (tertiary alicyclic amines) is 1. The summed E-state index contributed by atoms with van der Waals surface area (Å²) in [5.41, 5.74) is 2.00. The van der Waals surface area contributed by atoms with Gasteiger partial charge in [0.05, 0.1) is 12.0 Å². The maximum absolute atomic E-state index is 11.4. The van der Waals surface area contributed by atoms with E-state index in [2.05, 4.69) is 5.32 Å². The van der Waals surface area contributed by atoms with E-state index < -0.39 is 30.3 Å². The van der Waals surface area contributed by atoms with Gasteiger partial charge in [0.1, 0.15) is 12.3 Å². The second kappa shape index (κ2) is 7.08. The number of carbonyl (C=O) groups excluding carboxylic acids is 1. The first-order valence-corrected chi connectivity index (χ1v) is 7.46. The van der Waals surface area contributed by atoms with Gasteiger partial charge in [-0.05, 0) is 18.1 Å². The summed E-state index contributed by atoms with van der Waals surface area (Å²) >= 11 is 0. The van der Waals surface area contributed by atoms with Gasteiger partial charge in [-0.15, -0.1) is 0 Å². The zero-order valence-corrected chi connectivity index (χ0v) is 13.1. The highest BCUT2D eigenvalue weighted by molar-refractivity contribution is 5.74. The number of carboxylic acid groups (broad SMARTS) is 1. The molecule has 0 radical (unpaired) electrons. The van der Waals surface area contributed by atoms with E-state index in [-0.39, 0.29) is 12.5 Å². The van der Waals surface area contributed by atoms with Crippen molar-refractivity contribution >= 4 is 11.9 Å². The standard InChI is InChI=1S/C16H22N2O5/c1-9-5-3-4-6-11(9)7-18-8-12(16(22)23)13(20)14(21)15(18)17-10(2)19/h3-6,12-15,20-21H,7-8H2,1-2H3,(H,17,19)(H,22,23)/t12-,13-,14-,15-/m0/s1. The van der Waals surface area contributed by atoms with Crippen LogP contribution in [0.3, 0.4) is 0 Å². The Labute approximate surface area is 134 Å². The number of carbonyl (C=O) groups is 2. The van der Waals surface area contributed by atoms with Crippen LogP contribution in [0.15, 0.2) is 24.3 Å². The van der Waals surface area contributed by atoms with Gasteiger partial charge in [-0.1, -0.05) is 24.3 Å². The van der Waals surface area contributed by atoms with Crippen molar-refractivity contribution in [2.75, 3.05) is 6.54 Å². The van der Waals surface area contributed by atoms with Crippen LogP contribution in [0.25, 0.3) is 0 Å². The lowest BCUT2D eigenvalue weighted by Gasteiger charge is -2.44. The molecule has 0 unspecified atom stereocenters. The van der Waals surface area contributed by atoms with Gasteiger partial charge in [-0.2, -0.15) is 0 Å². The third-order valence-electron chi connectivity index (χ3n) is 4.21. The van der Waals surface area contributed by atoms with Gasteiger partial charge in [0, 0.05) is 20.0 Å². The summed E-state index contributed by atoms with van der Waals surface area (Å²) in [4.78, 5) is 24.4. The molecule has 1 fully saturated rings. The van der Waals surface area contributed by atoms with Crippen molar-refractivity contribution in [1.29, 1.82) is 0 Å². The summed E-state index contributed by atoms with van der Waals surface area (Å²) in [6, 6.07) is 7.62. The Bertz CT molecular complexity index is 592. The number of nitrogens with zero attached hydrogens (tertiary/aromatic N) is 1. The van der Waals surface area contributed by atoms with Crippen LogP contribution < -0.4 is 5.32 Å². The van der Waals surface area contributed by atoms with E-state index in [1.54, 1.807) is 4.90 Å². The fraction of sp³-hybridized carbons (Fsp3) is 0.500. The number of benzene rings is 1. The van der Waals surface area contributed by atoms with Crippen LogP contribution in [0.1, 0.15) is 18.1 Å². The number of rotatable bonds is 4. The van der Waals surface area contributed by atoms with E-state index in [4.69, 9.17) is 0 Å². The molecule has 1 saturated heterocycles. The predicted molar refractivity (Wildman–Crippen MR) is 82.3 cm³/mol. The Hall–Kier alpha value is -1.96. The number of carboxylic acids is 1. The monoisotopic (exact) mass is 322 g/mol. The van der Waals surface area contributed by atoms with Crippen molar-refractivity contribution in [3.63, 3.8) is 0 Å². The maximum Gasteiger partial charge on any atom is 0.310 e. The Morgan fingerprint density at radius 2 is 1.91 bits per heavy atom. The Morgan fingerprint density at radius 3 is 2.48 bits per heavy atom. The number of nitrogens with one attached hydrogen (secondary N) is 1. The molecule has 7 heteroatoms. The second-order valence-corrected chi connectivity index (χ2v) is 5.93. The molecule has 0 saturated carbocycles. The molecule has 4 atom stereocenters. The summed E-state index contributed by atoms with van der Waals surface area (Å²) in [5.74, 6) is -2.64. The highest BCUT2D eigenvalue weighted by Crippen LogP contribution is 2.25. The summed E-state index contributed by atoms with van der Waals surface area (Å²) in [6.45, 7) is 3.65. The zero-order chi connectivity index (χ0) is 17.1. The third-order valence-corrected chi connectivity index (χ3v) is 4.21. The molecular formula is C16H22N2O5. The second-order valence-electron chi connectivity index (χ2n) is 5.93. The normalized spacial score (nSPS) is 28.3. The molecule has 0 aromatic heterocycles. The zero-order valence-electron chi connectivity index (χ0n) is 13.1. The quantitative estimate of drug-likeness (QED) is 0.606. The molecule has 1 heterocycles.